The second-order valence-electron chi connectivity index (χ2n) is 4.73. The lowest BCUT2D eigenvalue weighted by atomic mass is 9.85. The molecule has 3 heteroatoms. The molecule has 0 saturated heterocycles. The number of benzene rings is 2. The molecule has 0 bridgehead atoms. The van der Waals surface area contributed by atoms with E-state index in [4.69, 9.17) is 5.73 Å². The van der Waals surface area contributed by atoms with Crippen molar-refractivity contribution in [2.24, 2.45) is 5.73 Å². The molecule has 0 amide bonds. The fourth-order valence-electron chi connectivity index (χ4n) is 2.01. The Labute approximate surface area is 105 Å². The standard InChI is InChI=1S/C15H15F2N/c1-10-6-12(9-14(17)7-10)15(2,18)11-4-3-5-13(16)8-11/h3-9H,18H2,1-2H3. The molecule has 1 atom stereocenters. The molecule has 0 aliphatic carbocycles. The Morgan fingerprint density at radius 3 is 2.22 bits per heavy atom. The third-order valence-corrected chi connectivity index (χ3v) is 3.07. The van der Waals surface area contributed by atoms with Crippen molar-refractivity contribution >= 4 is 0 Å². The summed E-state index contributed by atoms with van der Waals surface area (Å²) in [5, 5.41) is 0. The third kappa shape index (κ3) is 2.41. The van der Waals surface area contributed by atoms with Gasteiger partial charge in [-0.2, -0.15) is 0 Å². The van der Waals surface area contributed by atoms with Crippen LogP contribution in [0.2, 0.25) is 0 Å². The van der Waals surface area contributed by atoms with Crippen LogP contribution in [0.4, 0.5) is 8.78 Å². The van der Waals surface area contributed by atoms with Gasteiger partial charge >= 0.3 is 0 Å². The van der Waals surface area contributed by atoms with Gasteiger partial charge in [-0.3, -0.25) is 0 Å². The van der Waals surface area contributed by atoms with Crippen LogP contribution in [0.1, 0.15) is 23.6 Å². The highest BCUT2D eigenvalue weighted by atomic mass is 19.1. The van der Waals surface area contributed by atoms with E-state index in [1.54, 1.807) is 26.0 Å². The van der Waals surface area contributed by atoms with Crippen molar-refractivity contribution in [2.75, 3.05) is 0 Å². The van der Waals surface area contributed by atoms with Gasteiger partial charge in [-0.15, -0.1) is 0 Å². The average molecular weight is 247 g/mol. The first-order valence-electron chi connectivity index (χ1n) is 5.72. The zero-order valence-electron chi connectivity index (χ0n) is 10.4. The van der Waals surface area contributed by atoms with Gasteiger partial charge in [-0.05, 0) is 54.8 Å². The Morgan fingerprint density at radius 1 is 0.944 bits per heavy atom. The van der Waals surface area contributed by atoms with Gasteiger partial charge in [0.1, 0.15) is 11.6 Å². The van der Waals surface area contributed by atoms with Crippen molar-refractivity contribution in [3.8, 4) is 0 Å². The van der Waals surface area contributed by atoms with Gasteiger partial charge in [-0.1, -0.05) is 18.2 Å². The summed E-state index contributed by atoms with van der Waals surface area (Å²) in [5.74, 6) is -0.685. The molecule has 0 spiro atoms. The monoisotopic (exact) mass is 247 g/mol. The van der Waals surface area contributed by atoms with Crippen molar-refractivity contribution < 1.29 is 8.78 Å². The largest absolute Gasteiger partial charge is 0.318 e. The highest BCUT2D eigenvalue weighted by molar-refractivity contribution is 5.39. The molecular formula is C15H15F2N. The van der Waals surface area contributed by atoms with Crippen molar-refractivity contribution in [2.45, 2.75) is 19.4 Å². The lowest BCUT2D eigenvalue weighted by molar-refractivity contribution is 0.569. The smallest absolute Gasteiger partial charge is 0.123 e. The van der Waals surface area contributed by atoms with Crippen LogP contribution in [0.25, 0.3) is 0 Å². The maximum atomic E-state index is 13.4. The molecule has 0 aliphatic rings. The molecule has 2 N–H and O–H groups in total. The predicted molar refractivity (Wildman–Crippen MR) is 68.2 cm³/mol. The summed E-state index contributed by atoms with van der Waals surface area (Å²) >= 11 is 0. The van der Waals surface area contributed by atoms with Gasteiger partial charge in [0, 0.05) is 0 Å². The first-order chi connectivity index (χ1) is 8.39. The van der Waals surface area contributed by atoms with Crippen LogP contribution in [-0.2, 0) is 5.54 Å². The van der Waals surface area contributed by atoms with E-state index in [1.807, 2.05) is 6.07 Å². The van der Waals surface area contributed by atoms with Gasteiger partial charge in [0.25, 0.3) is 0 Å². The molecular weight excluding hydrogens is 232 g/mol. The lowest BCUT2D eigenvalue weighted by Gasteiger charge is -2.26. The third-order valence-electron chi connectivity index (χ3n) is 3.07. The Hall–Kier alpha value is -1.74. The molecule has 0 saturated carbocycles. The van der Waals surface area contributed by atoms with Crippen molar-refractivity contribution in [1.29, 1.82) is 0 Å². The summed E-state index contributed by atoms with van der Waals surface area (Å²) in [4.78, 5) is 0. The predicted octanol–water partition coefficient (Wildman–Crippen LogP) is 3.50. The number of aryl methyl sites for hydroxylation is 1. The number of halogens is 2. The van der Waals surface area contributed by atoms with E-state index in [9.17, 15) is 8.78 Å². The van der Waals surface area contributed by atoms with Gasteiger partial charge in [0.05, 0.1) is 5.54 Å². The highest BCUT2D eigenvalue weighted by Gasteiger charge is 2.24. The van der Waals surface area contributed by atoms with Gasteiger partial charge in [0.15, 0.2) is 0 Å². The first kappa shape index (κ1) is 12.7. The number of hydrogen-bond acceptors (Lipinski definition) is 1. The van der Waals surface area contributed by atoms with Crippen LogP contribution < -0.4 is 5.73 Å². The maximum absolute atomic E-state index is 13.4. The summed E-state index contributed by atoms with van der Waals surface area (Å²) in [6.45, 7) is 3.55. The van der Waals surface area contributed by atoms with E-state index in [-0.39, 0.29) is 11.6 Å². The van der Waals surface area contributed by atoms with Crippen LogP contribution in [0.3, 0.4) is 0 Å². The van der Waals surface area contributed by atoms with Crippen molar-refractivity contribution in [1.82, 2.24) is 0 Å². The summed E-state index contributed by atoms with van der Waals surface area (Å²) in [6, 6.07) is 10.7. The Balaban J connectivity index is 2.53. The van der Waals surface area contributed by atoms with E-state index in [0.29, 0.717) is 11.1 Å². The first-order valence-corrected chi connectivity index (χ1v) is 5.72. The van der Waals surface area contributed by atoms with Crippen LogP contribution in [0.15, 0.2) is 42.5 Å². The maximum Gasteiger partial charge on any atom is 0.123 e. The van der Waals surface area contributed by atoms with Crippen LogP contribution in [0.5, 0.6) is 0 Å². The minimum atomic E-state index is -0.922. The van der Waals surface area contributed by atoms with E-state index in [2.05, 4.69) is 0 Å². The minimum Gasteiger partial charge on any atom is -0.318 e. The molecule has 0 heterocycles. The molecule has 2 aromatic rings. The summed E-state index contributed by atoms with van der Waals surface area (Å²) in [6.07, 6.45) is 0. The van der Waals surface area contributed by atoms with Gasteiger partial charge in [0.2, 0.25) is 0 Å². The summed E-state index contributed by atoms with van der Waals surface area (Å²) in [5.41, 5.74) is 7.35. The Kier molecular flexibility index (Phi) is 3.18. The lowest BCUT2D eigenvalue weighted by Crippen LogP contribution is -2.34. The van der Waals surface area contributed by atoms with Crippen LogP contribution in [-0.4, -0.2) is 0 Å². The minimum absolute atomic E-state index is 0.335. The number of nitrogens with two attached hydrogens (primary N) is 1. The van der Waals surface area contributed by atoms with E-state index in [0.717, 1.165) is 5.56 Å². The molecule has 2 rings (SSSR count). The highest BCUT2D eigenvalue weighted by Crippen LogP contribution is 2.28. The van der Waals surface area contributed by atoms with Gasteiger partial charge in [-0.25, -0.2) is 8.78 Å². The molecule has 0 fully saturated rings. The number of hydrogen-bond donors (Lipinski definition) is 1. The van der Waals surface area contributed by atoms with Crippen molar-refractivity contribution in [3.63, 3.8) is 0 Å². The van der Waals surface area contributed by atoms with E-state index < -0.39 is 5.54 Å². The zero-order chi connectivity index (χ0) is 13.3. The topological polar surface area (TPSA) is 26.0 Å². The average Bonchev–Trinajstić information content (AvgIpc) is 2.27. The normalized spacial score (nSPS) is 14.3. The fourth-order valence-corrected chi connectivity index (χ4v) is 2.01. The SMILES string of the molecule is Cc1cc(F)cc(C(C)(N)c2cccc(F)c2)c1. The van der Waals surface area contributed by atoms with Crippen molar-refractivity contribution in [3.05, 3.63) is 70.8 Å². The van der Waals surface area contributed by atoms with Gasteiger partial charge < -0.3 is 5.73 Å². The Morgan fingerprint density at radius 2 is 1.61 bits per heavy atom. The van der Waals surface area contributed by atoms with E-state index in [1.165, 1.54) is 24.3 Å². The summed E-state index contributed by atoms with van der Waals surface area (Å²) in [7, 11) is 0. The molecule has 0 radical (unpaired) electrons. The fraction of sp³-hybridized carbons (Fsp3) is 0.200. The Bertz CT molecular complexity index is 556. The summed E-state index contributed by atoms with van der Waals surface area (Å²) < 4.78 is 26.7. The second-order valence-corrected chi connectivity index (χ2v) is 4.73. The quantitative estimate of drug-likeness (QED) is 0.863. The zero-order valence-corrected chi connectivity index (χ0v) is 10.4. The van der Waals surface area contributed by atoms with E-state index >= 15 is 0 Å². The molecule has 18 heavy (non-hydrogen) atoms. The second kappa shape index (κ2) is 4.50. The van der Waals surface area contributed by atoms with Crippen LogP contribution in [0, 0.1) is 18.6 Å². The molecule has 1 unspecified atom stereocenters. The molecule has 0 aromatic heterocycles. The molecule has 1 nitrogen and oxygen atoms in total. The molecule has 0 aliphatic heterocycles. The molecule has 2 aromatic carbocycles. The van der Waals surface area contributed by atoms with Crippen LogP contribution >= 0.6 is 0 Å². The number of rotatable bonds is 2. The molecule has 94 valence electrons.